The molecule has 1 atom stereocenters. The molecule has 14 heavy (non-hydrogen) atoms. The second kappa shape index (κ2) is 6.38. The zero-order chi connectivity index (χ0) is 10.2. The Morgan fingerprint density at radius 1 is 1.50 bits per heavy atom. The molecule has 0 saturated carbocycles. The SMILES string of the molecule is CCC(CCN)CNc1ccccn1. The molecular weight excluding hydrogens is 174 g/mol. The molecule has 3 N–H and O–H groups in total. The predicted octanol–water partition coefficient (Wildman–Crippen LogP) is 1.87. The Labute approximate surface area is 85.7 Å². The molecule has 78 valence electrons. The lowest BCUT2D eigenvalue weighted by atomic mass is 10.0. The fraction of sp³-hybridized carbons (Fsp3) is 0.545. The van der Waals surface area contributed by atoms with E-state index in [-0.39, 0.29) is 0 Å². The number of hydrogen-bond acceptors (Lipinski definition) is 3. The van der Waals surface area contributed by atoms with E-state index in [4.69, 9.17) is 5.73 Å². The van der Waals surface area contributed by atoms with Gasteiger partial charge in [-0.15, -0.1) is 0 Å². The zero-order valence-electron chi connectivity index (χ0n) is 8.74. The Bertz CT molecular complexity index is 236. The Morgan fingerprint density at radius 3 is 2.93 bits per heavy atom. The van der Waals surface area contributed by atoms with Crippen LogP contribution in [-0.4, -0.2) is 18.1 Å². The molecule has 3 nitrogen and oxygen atoms in total. The van der Waals surface area contributed by atoms with E-state index in [1.54, 1.807) is 6.20 Å². The smallest absolute Gasteiger partial charge is 0.125 e. The highest BCUT2D eigenvalue weighted by Crippen LogP contribution is 2.08. The highest BCUT2D eigenvalue weighted by Gasteiger charge is 2.04. The van der Waals surface area contributed by atoms with Crippen molar-refractivity contribution in [3.8, 4) is 0 Å². The second-order valence-corrected chi connectivity index (χ2v) is 3.45. The fourth-order valence-electron chi connectivity index (χ4n) is 1.40. The van der Waals surface area contributed by atoms with Crippen LogP contribution in [0.5, 0.6) is 0 Å². The highest BCUT2D eigenvalue weighted by molar-refractivity contribution is 5.32. The number of anilines is 1. The van der Waals surface area contributed by atoms with Crippen LogP contribution in [0, 0.1) is 5.92 Å². The van der Waals surface area contributed by atoms with Crippen LogP contribution in [0.15, 0.2) is 24.4 Å². The highest BCUT2D eigenvalue weighted by atomic mass is 15.0. The van der Waals surface area contributed by atoms with Gasteiger partial charge < -0.3 is 11.1 Å². The van der Waals surface area contributed by atoms with Gasteiger partial charge in [-0.3, -0.25) is 0 Å². The van der Waals surface area contributed by atoms with Gasteiger partial charge in [0, 0.05) is 12.7 Å². The quantitative estimate of drug-likeness (QED) is 0.725. The van der Waals surface area contributed by atoms with Crippen LogP contribution in [0.1, 0.15) is 19.8 Å². The molecule has 0 aliphatic heterocycles. The van der Waals surface area contributed by atoms with Crippen molar-refractivity contribution in [2.45, 2.75) is 19.8 Å². The Balaban J connectivity index is 2.32. The lowest BCUT2D eigenvalue weighted by Gasteiger charge is -2.14. The maximum absolute atomic E-state index is 5.53. The summed E-state index contributed by atoms with van der Waals surface area (Å²) >= 11 is 0. The normalized spacial score (nSPS) is 12.4. The maximum atomic E-state index is 5.53. The van der Waals surface area contributed by atoms with E-state index in [0.29, 0.717) is 5.92 Å². The molecule has 0 radical (unpaired) electrons. The van der Waals surface area contributed by atoms with Crippen LogP contribution in [0.4, 0.5) is 5.82 Å². The minimum absolute atomic E-state index is 0.655. The molecule has 0 aliphatic carbocycles. The molecule has 0 aliphatic rings. The summed E-state index contributed by atoms with van der Waals surface area (Å²) < 4.78 is 0. The van der Waals surface area contributed by atoms with Gasteiger partial charge in [-0.1, -0.05) is 19.4 Å². The fourth-order valence-corrected chi connectivity index (χ4v) is 1.40. The molecule has 1 rings (SSSR count). The second-order valence-electron chi connectivity index (χ2n) is 3.45. The summed E-state index contributed by atoms with van der Waals surface area (Å²) in [5.41, 5.74) is 5.53. The van der Waals surface area contributed by atoms with Gasteiger partial charge in [-0.2, -0.15) is 0 Å². The number of nitrogens with zero attached hydrogens (tertiary/aromatic N) is 1. The molecule has 3 heteroatoms. The van der Waals surface area contributed by atoms with E-state index in [2.05, 4.69) is 17.2 Å². The van der Waals surface area contributed by atoms with E-state index in [0.717, 1.165) is 31.7 Å². The third-order valence-corrected chi connectivity index (χ3v) is 2.39. The molecule has 0 fully saturated rings. The maximum Gasteiger partial charge on any atom is 0.125 e. The van der Waals surface area contributed by atoms with E-state index in [9.17, 15) is 0 Å². The van der Waals surface area contributed by atoms with Crippen molar-refractivity contribution in [3.63, 3.8) is 0 Å². The van der Waals surface area contributed by atoms with E-state index in [1.165, 1.54) is 0 Å². The van der Waals surface area contributed by atoms with E-state index >= 15 is 0 Å². The average molecular weight is 193 g/mol. The third kappa shape index (κ3) is 3.75. The number of hydrogen-bond donors (Lipinski definition) is 2. The lowest BCUT2D eigenvalue weighted by Crippen LogP contribution is -2.17. The standard InChI is InChI=1S/C11H19N3/c1-2-10(6-7-12)9-14-11-5-3-4-8-13-11/h3-5,8,10H,2,6-7,9,12H2,1H3,(H,13,14). The van der Waals surface area contributed by atoms with Gasteiger partial charge in [0.25, 0.3) is 0 Å². The van der Waals surface area contributed by atoms with Gasteiger partial charge in [-0.25, -0.2) is 4.98 Å². The van der Waals surface area contributed by atoms with Crippen LogP contribution in [-0.2, 0) is 0 Å². The van der Waals surface area contributed by atoms with Crippen LogP contribution >= 0.6 is 0 Å². The first-order chi connectivity index (χ1) is 6.86. The molecule has 0 aromatic carbocycles. The summed E-state index contributed by atoms with van der Waals surface area (Å²) in [5, 5.41) is 3.31. The van der Waals surface area contributed by atoms with Gasteiger partial charge in [0.15, 0.2) is 0 Å². The summed E-state index contributed by atoms with van der Waals surface area (Å²) in [6.07, 6.45) is 4.04. The van der Waals surface area contributed by atoms with Gasteiger partial charge in [0.05, 0.1) is 0 Å². The number of rotatable bonds is 6. The van der Waals surface area contributed by atoms with Crippen molar-refractivity contribution in [1.29, 1.82) is 0 Å². The Kier molecular flexibility index (Phi) is 5.00. The molecule has 0 bridgehead atoms. The van der Waals surface area contributed by atoms with Crippen LogP contribution in [0.2, 0.25) is 0 Å². The summed E-state index contributed by atoms with van der Waals surface area (Å²) in [4.78, 5) is 4.20. The topological polar surface area (TPSA) is 50.9 Å². The van der Waals surface area contributed by atoms with Crippen molar-refractivity contribution in [2.24, 2.45) is 11.7 Å². The molecule has 1 heterocycles. The average Bonchev–Trinajstić information content (AvgIpc) is 2.25. The van der Waals surface area contributed by atoms with Gasteiger partial charge in [-0.05, 0) is 31.0 Å². The van der Waals surface area contributed by atoms with Gasteiger partial charge >= 0.3 is 0 Å². The first kappa shape index (κ1) is 11.0. The predicted molar refractivity (Wildman–Crippen MR) is 60.2 cm³/mol. The molecule has 0 amide bonds. The van der Waals surface area contributed by atoms with E-state index < -0.39 is 0 Å². The van der Waals surface area contributed by atoms with Gasteiger partial charge in [0.2, 0.25) is 0 Å². The number of nitrogens with one attached hydrogen (secondary N) is 1. The molecule has 1 unspecified atom stereocenters. The monoisotopic (exact) mass is 193 g/mol. The minimum Gasteiger partial charge on any atom is -0.370 e. The zero-order valence-corrected chi connectivity index (χ0v) is 8.74. The largest absolute Gasteiger partial charge is 0.370 e. The molecule has 1 aromatic rings. The number of nitrogens with two attached hydrogens (primary N) is 1. The molecule has 1 aromatic heterocycles. The molecule has 0 spiro atoms. The van der Waals surface area contributed by atoms with Crippen molar-refractivity contribution in [2.75, 3.05) is 18.4 Å². The molecular formula is C11H19N3. The summed E-state index contributed by atoms with van der Waals surface area (Å²) in [6.45, 7) is 3.92. The van der Waals surface area contributed by atoms with Crippen LogP contribution in [0.25, 0.3) is 0 Å². The molecule has 0 saturated heterocycles. The Hall–Kier alpha value is -1.09. The lowest BCUT2D eigenvalue weighted by molar-refractivity contribution is 0.501. The van der Waals surface area contributed by atoms with Gasteiger partial charge in [0.1, 0.15) is 5.82 Å². The van der Waals surface area contributed by atoms with Crippen LogP contribution in [0.3, 0.4) is 0 Å². The van der Waals surface area contributed by atoms with Crippen molar-refractivity contribution >= 4 is 5.82 Å². The summed E-state index contributed by atoms with van der Waals surface area (Å²) in [6, 6.07) is 5.89. The first-order valence-corrected chi connectivity index (χ1v) is 5.21. The first-order valence-electron chi connectivity index (χ1n) is 5.21. The van der Waals surface area contributed by atoms with Crippen molar-refractivity contribution < 1.29 is 0 Å². The summed E-state index contributed by atoms with van der Waals surface area (Å²) in [7, 11) is 0. The number of pyridine rings is 1. The minimum atomic E-state index is 0.655. The number of aromatic nitrogens is 1. The van der Waals surface area contributed by atoms with E-state index in [1.807, 2.05) is 18.2 Å². The van der Waals surface area contributed by atoms with Crippen molar-refractivity contribution in [3.05, 3.63) is 24.4 Å². The Morgan fingerprint density at radius 2 is 2.36 bits per heavy atom. The van der Waals surface area contributed by atoms with Crippen LogP contribution < -0.4 is 11.1 Å². The third-order valence-electron chi connectivity index (χ3n) is 2.39. The summed E-state index contributed by atoms with van der Waals surface area (Å²) in [5.74, 6) is 1.60. The van der Waals surface area contributed by atoms with Crippen molar-refractivity contribution in [1.82, 2.24) is 4.98 Å².